The number of nitrogens with one attached hydrogen (secondary N) is 2. The first kappa shape index (κ1) is 33.8. The van der Waals surface area contributed by atoms with Crippen molar-refractivity contribution < 1.29 is 19.1 Å². The lowest BCUT2D eigenvalue weighted by molar-refractivity contribution is -0.118. The molecule has 2 heterocycles. The number of carbonyl (C=O) groups excluding carboxylic acids is 2. The zero-order valence-corrected chi connectivity index (χ0v) is 28.5. The molecule has 2 amide bonds. The third-order valence-corrected chi connectivity index (χ3v) is 9.79. The molecule has 0 atom stereocenters. The van der Waals surface area contributed by atoms with Crippen LogP contribution in [0.5, 0.6) is 0 Å². The summed E-state index contributed by atoms with van der Waals surface area (Å²) in [7, 11) is 0. The summed E-state index contributed by atoms with van der Waals surface area (Å²) in [6.45, 7) is 5.02. The van der Waals surface area contributed by atoms with Crippen LogP contribution in [0.25, 0.3) is 0 Å². The fourth-order valence-corrected chi connectivity index (χ4v) is 7.15. The van der Waals surface area contributed by atoms with Crippen LogP contribution in [0.15, 0.2) is 144 Å². The smallest absolute Gasteiger partial charge is 0.250 e. The minimum Gasteiger partial charge on any atom is -0.482 e. The second-order valence-corrected chi connectivity index (χ2v) is 13.0. The Balaban J connectivity index is 0.920. The maximum Gasteiger partial charge on any atom is 0.250 e. The summed E-state index contributed by atoms with van der Waals surface area (Å²) in [5.41, 5.74) is 4.14. The fraction of sp³-hybridized carbons (Fsp3) is 0.302. The van der Waals surface area contributed by atoms with Crippen molar-refractivity contribution in [1.29, 1.82) is 0 Å². The number of hydrogen-bond acceptors (Lipinski definition) is 4. The summed E-state index contributed by atoms with van der Waals surface area (Å²) in [5, 5.41) is 6.26. The van der Waals surface area contributed by atoms with Crippen molar-refractivity contribution in [2.45, 2.75) is 70.0 Å². The summed E-state index contributed by atoms with van der Waals surface area (Å²) >= 11 is 0. The molecule has 6 nitrogen and oxygen atoms in total. The van der Waals surface area contributed by atoms with Gasteiger partial charge in [0.05, 0.1) is 11.1 Å². The van der Waals surface area contributed by atoms with E-state index in [2.05, 4.69) is 59.2 Å². The van der Waals surface area contributed by atoms with Gasteiger partial charge >= 0.3 is 0 Å². The zero-order chi connectivity index (χ0) is 34.1. The third kappa shape index (κ3) is 7.34. The highest BCUT2D eigenvalue weighted by molar-refractivity contribution is 5.95. The van der Waals surface area contributed by atoms with Crippen LogP contribution < -0.4 is 10.6 Å². The molecule has 0 fully saturated rings. The van der Waals surface area contributed by atoms with Gasteiger partial charge in [0.15, 0.2) is 11.2 Å². The normalized spacial score (nSPS) is 16.2. The summed E-state index contributed by atoms with van der Waals surface area (Å²) in [5.74, 6) is 1.23. The molecule has 0 aliphatic carbocycles. The Hall–Kier alpha value is -5.10. The Morgan fingerprint density at radius 3 is 1.08 bits per heavy atom. The fourth-order valence-electron chi connectivity index (χ4n) is 7.15. The van der Waals surface area contributed by atoms with Crippen LogP contribution in [-0.2, 0) is 30.3 Å². The van der Waals surface area contributed by atoms with E-state index in [4.69, 9.17) is 9.47 Å². The van der Waals surface area contributed by atoms with Gasteiger partial charge in [-0.2, -0.15) is 0 Å². The van der Waals surface area contributed by atoms with Gasteiger partial charge in [-0.05, 0) is 26.7 Å². The molecule has 2 aliphatic rings. The van der Waals surface area contributed by atoms with Crippen LogP contribution in [0.2, 0.25) is 0 Å². The molecule has 0 saturated heterocycles. The van der Waals surface area contributed by atoms with Gasteiger partial charge in [0, 0.05) is 48.2 Å². The minimum absolute atomic E-state index is 0.0574. The van der Waals surface area contributed by atoms with Gasteiger partial charge in [-0.1, -0.05) is 141 Å². The van der Waals surface area contributed by atoms with E-state index in [9.17, 15) is 9.59 Å². The van der Waals surface area contributed by atoms with Crippen molar-refractivity contribution in [3.05, 3.63) is 166 Å². The molecule has 4 aromatic carbocycles. The van der Waals surface area contributed by atoms with Crippen LogP contribution in [0, 0.1) is 0 Å². The van der Waals surface area contributed by atoms with Gasteiger partial charge in [0.2, 0.25) is 0 Å². The molecular formula is C43H46N2O4. The van der Waals surface area contributed by atoms with E-state index in [1.807, 2.05) is 86.6 Å². The van der Waals surface area contributed by atoms with E-state index in [1.54, 1.807) is 0 Å². The lowest BCUT2D eigenvalue weighted by atomic mass is 9.82. The summed E-state index contributed by atoms with van der Waals surface area (Å²) in [6, 6.07) is 40.6. The zero-order valence-electron chi connectivity index (χ0n) is 28.5. The van der Waals surface area contributed by atoms with Crippen LogP contribution in [0.4, 0.5) is 0 Å². The number of allylic oxidation sites excluding steroid dienone is 2. The van der Waals surface area contributed by atoms with Crippen LogP contribution >= 0.6 is 0 Å². The average Bonchev–Trinajstić information content (AvgIpc) is 3.70. The molecule has 0 bridgehead atoms. The van der Waals surface area contributed by atoms with E-state index < -0.39 is 11.2 Å². The molecule has 6 rings (SSSR count). The largest absolute Gasteiger partial charge is 0.482 e. The lowest BCUT2D eigenvalue weighted by Gasteiger charge is -2.31. The molecule has 0 aromatic heterocycles. The standard InChI is InChI=1S/C43H46N2O4/c1-32-38(30-42(48-32,34-20-10-6-11-21-34)35-22-12-7-13-23-35)40(46)44-28-18-4-3-5-19-29-45-41(47)39-31-43(49-33(39)2,36-24-14-8-15-25-36)37-26-16-9-17-27-37/h6-17,20-27H,3-5,18-19,28-31H2,1-2H3,(H,44,46)(H,45,47). The SMILES string of the molecule is CC1=C(C(=O)NCCCCCCCNC(=O)C2=C(C)OC(c3ccccc3)(c3ccccc3)C2)CC(c2ccccc2)(c2ccccc2)O1. The number of unbranched alkanes of at least 4 members (excludes halogenated alkanes) is 4. The van der Waals surface area contributed by atoms with Crippen molar-refractivity contribution in [3.8, 4) is 0 Å². The molecule has 2 N–H and O–H groups in total. The number of benzene rings is 4. The molecule has 0 unspecified atom stereocenters. The van der Waals surface area contributed by atoms with Crippen molar-refractivity contribution in [2.24, 2.45) is 0 Å². The van der Waals surface area contributed by atoms with Gasteiger partial charge in [-0.15, -0.1) is 0 Å². The first-order chi connectivity index (χ1) is 23.9. The summed E-state index contributed by atoms with van der Waals surface area (Å²) in [6.07, 6.45) is 5.85. The minimum atomic E-state index is -0.707. The first-order valence-electron chi connectivity index (χ1n) is 17.5. The Morgan fingerprint density at radius 2 is 0.776 bits per heavy atom. The molecule has 252 valence electrons. The average molecular weight is 655 g/mol. The van der Waals surface area contributed by atoms with Crippen LogP contribution in [0.3, 0.4) is 0 Å². The van der Waals surface area contributed by atoms with Crippen LogP contribution in [0.1, 0.15) is 81.0 Å². The maximum absolute atomic E-state index is 13.3. The molecular weight excluding hydrogens is 608 g/mol. The first-order valence-corrected chi connectivity index (χ1v) is 17.5. The van der Waals surface area contributed by atoms with E-state index >= 15 is 0 Å². The molecule has 2 aliphatic heterocycles. The second-order valence-electron chi connectivity index (χ2n) is 13.0. The Kier molecular flexibility index (Phi) is 10.6. The highest BCUT2D eigenvalue weighted by atomic mass is 16.5. The molecule has 4 aromatic rings. The Morgan fingerprint density at radius 1 is 0.490 bits per heavy atom. The number of amides is 2. The van der Waals surface area contributed by atoms with Crippen molar-refractivity contribution in [3.63, 3.8) is 0 Å². The number of ether oxygens (including phenoxy) is 2. The maximum atomic E-state index is 13.3. The molecule has 0 radical (unpaired) electrons. The quantitative estimate of drug-likeness (QED) is 0.134. The van der Waals surface area contributed by atoms with E-state index in [0.717, 1.165) is 54.4 Å². The number of carbonyl (C=O) groups is 2. The highest BCUT2D eigenvalue weighted by Gasteiger charge is 2.45. The second kappa shape index (κ2) is 15.4. The predicted octanol–water partition coefficient (Wildman–Crippen LogP) is 8.45. The van der Waals surface area contributed by atoms with Crippen molar-refractivity contribution in [2.75, 3.05) is 13.1 Å². The topological polar surface area (TPSA) is 76.7 Å². The van der Waals surface area contributed by atoms with Crippen LogP contribution in [-0.4, -0.2) is 24.9 Å². The van der Waals surface area contributed by atoms with Crippen molar-refractivity contribution in [1.82, 2.24) is 10.6 Å². The molecule has 49 heavy (non-hydrogen) atoms. The predicted molar refractivity (Wildman–Crippen MR) is 193 cm³/mol. The van der Waals surface area contributed by atoms with Crippen molar-refractivity contribution >= 4 is 11.8 Å². The van der Waals surface area contributed by atoms with Gasteiger partial charge < -0.3 is 20.1 Å². The molecule has 0 saturated carbocycles. The van der Waals surface area contributed by atoms with Gasteiger partial charge in [-0.25, -0.2) is 0 Å². The van der Waals surface area contributed by atoms with Gasteiger partial charge in [0.25, 0.3) is 11.8 Å². The highest BCUT2D eigenvalue weighted by Crippen LogP contribution is 2.48. The van der Waals surface area contributed by atoms with E-state index in [1.165, 1.54) is 0 Å². The van der Waals surface area contributed by atoms with Gasteiger partial charge in [-0.3, -0.25) is 9.59 Å². The molecule has 6 heteroatoms. The van der Waals surface area contributed by atoms with E-state index in [0.29, 0.717) is 48.6 Å². The summed E-state index contributed by atoms with van der Waals surface area (Å²) < 4.78 is 13.0. The Bertz CT molecular complexity index is 1570. The molecule has 0 spiro atoms. The lowest BCUT2D eigenvalue weighted by Crippen LogP contribution is -2.30. The number of hydrogen-bond donors (Lipinski definition) is 2. The number of rotatable bonds is 14. The van der Waals surface area contributed by atoms with Gasteiger partial charge in [0.1, 0.15) is 11.5 Å². The monoisotopic (exact) mass is 654 g/mol. The van der Waals surface area contributed by atoms with E-state index in [-0.39, 0.29) is 11.8 Å². The Labute approximate surface area is 290 Å². The third-order valence-electron chi connectivity index (χ3n) is 9.79. The summed E-state index contributed by atoms with van der Waals surface area (Å²) in [4.78, 5) is 26.6.